The van der Waals surface area contributed by atoms with Gasteiger partial charge in [-0.05, 0) is 11.6 Å². The molecule has 0 atom stereocenters. The van der Waals surface area contributed by atoms with Gasteiger partial charge in [-0.25, -0.2) is 0 Å². The fraction of sp³-hybridized carbons (Fsp3) is 0.143. The molecular formula is C14H9F3N2O4. The molecule has 120 valence electrons. The molecule has 23 heavy (non-hydrogen) atoms. The molecule has 0 bridgehead atoms. The molecule has 0 aliphatic carbocycles. The van der Waals surface area contributed by atoms with E-state index in [-0.39, 0.29) is 16.8 Å². The van der Waals surface area contributed by atoms with Gasteiger partial charge in [0, 0.05) is 17.8 Å². The molecule has 0 amide bonds. The smallest absolute Gasteiger partial charge is 0.417 e. The lowest BCUT2D eigenvalue weighted by molar-refractivity contribution is -0.385. The maximum absolute atomic E-state index is 13.0. The first-order valence-corrected chi connectivity index (χ1v) is 6.22. The van der Waals surface area contributed by atoms with Crippen LogP contribution in [-0.2, 0) is 17.4 Å². The predicted molar refractivity (Wildman–Crippen MR) is 72.7 cm³/mol. The first kappa shape index (κ1) is 16.4. The molecule has 1 heterocycles. The Kier molecular flexibility index (Phi) is 4.30. The summed E-state index contributed by atoms with van der Waals surface area (Å²) in [6.45, 7) is 0. The number of alkyl halides is 3. The van der Waals surface area contributed by atoms with Crippen LogP contribution < -0.4 is 0 Å². The van der Waals surface area contributed by atoms with Crippen LogP contribution in [0.15, 0.2) is 36.5 Å². The maximum atomic E-state index is 13.0. The van der Waals surface area contributed by atoms with E-state index in [9.17, 15) is 28.1 Å². The number of aliphatic carboxylic acids is 1. The third-order valence-electron chi connectivity index (χ3n) is 3.01. The van der Waals surface area contributed by atoms with Crippen LogP contribution in [0.25, 0.3) is 11.1 Å². The number of halogens is 3. The number of rotatable bonds is 4. The van der Waals surface area contributed by atoms with E-state index >= 15 is 0 Å². The van der Waals surface area contributed by atoms with E-state index in [4.69, 9.17) is 5.11 Å². The number of hydrogen-bond donors (Lipinski definition) is 1. The standard InChI is InChI=1S/C14H9F3N2O4/c15-14(16,17)10-4-2-1-3-9(10)8-5-12(19(22)23)11(18-7-8)6-13(20)21/h1-5,7H,6H2,(H,20,21). The Morgan fingerprint density at radius 2 is 1.96 bits per heavy atom. The molecule has 0 unspecified atom stereocenters. The molecule has 0 radical (unpaired) electrons. The number of benzene rings is 1. The van der Waals surface area contributed by atoms with E-state index in [1.807, 2.05) is 0 Å². The number of carboxylic acids is 1. The highest BCUT2D eigenvalue weighted by atomic mass is 19.4. The first-order valence-electron chi connectivity index (χ1n) is 6.22. The lowest BCUT2D eigenvalue weighted by atomic mass is 10.00. The van der Waals surface area contributed by atoms with E-state index in [0.29, 0.717) is 0 Å². The average Bonchev–Trinajstić information content (AvgIpc) is 2.46. The zero-order valence-electron chi connectivity index (χ0n) is 11.4. The number of pyridine rings is 1. The molecule has 0 aliphatic rings. The number of nitro groups is 1. The fourth-order valence-corrected chi connectivity index (χ4v) is 2.05. The van der Waals surface area contributed by atoms with Crippen molar-refractivity contribution in [2.24, 2.45) is 0 Å². The molecule has 9 heteroatoms. The van der Waals surface area contributed by atoms with Gasteiger partial charge in [0.15, 0.2) is 0 Å². The van der Waals surface area contributed by atoms with Crippen LogP contribution in [0.5, 0.6) is 0 Å². The second-order valence-electron chi connectivity index (χ2n) is 4.56. The summed E-state index contributed by atoms with van der Waals surface area (Å²) in [6, 6.07) is 5.48. The van der Waals surface area contributed by atoms with Gasteiger partial charge in [0.1, 0.15) is 5.69 Å². The monoisotopic (exact) mass is 326 g/mol. The molecule has 6 nitrogen and oxygen atoms in total. The Morgan fingerprint density at radius 3 is 2.52 bits per heavy atom. The Morgan fingerprint density at radius 1 is 1.30 bits per heavy atom. The van der Waals surface area contributed by atoms with E-state index in [0.717, 1.165) is 18.3 Å². The van der Waals surface area contributed by atoms with Crippen molar-refractivity contribution in [2.45, 2.75) is 12.6 Å². The molecular weight excluding hydrogens is 317 g/mol. The van der Waals surface area contributed by atoms with Gasteiger partial charge in [0.2, 0.25) is 0 Å². The van der Waals surface area contributed by atoms with Crippen LogP contribution in [-0.4, -0.2) is 21.0 Å². The van der Waals surface area contributed by atoms with E-state index in [2.05, 4.69) is 4.98 Å². The van der Waals surface area contributed by atoms with Crippen LogP contribution in [0, 0.1) is 10.1 Å². The van der Waals surface area contributed by atoms with Crippen molar-refractivity contribution in [3.05, 3.63) is 57.9 Å². The Hall–Kier alpha value is -2.97. The maximum Gasteiger partial charge on any atom is 0.417 e. The third-order valence-corrected chi connectivity index (χ3v) is 3.01. The summed E-state index contributed by atoms with van der Waals surface area (Å²) in [4.78, 5) is 24.5. The van der Waals surface area contributed by atoms with Crippen LogP contribution in [0.4, 0.5) is 18.9 Å². The molecule has 0 saturated heterocycles. The minimum atomic E-state index is -4.63. The summed E-state index contributed by atoms with van der Waals surface area (Å²) < 4.78 is 39.0. The van der Waals surface area contributed by atoms with Crippen LogP contribution in [0.2, 0.25) is 0 Å². The lowest BCUT2D eigenvalue weighted by Gasteiger charge is -2.12. The molecule has 0 saturated carbocycles. The molecule has 2 aromatic rings. The van der Waals surface area contributed by atoms with Crippen molar-refractivity contribution in [3.8, 4) is 11.1 Å². The lowest BCUT2D eigenvalue weighted by Crippen LogP contribution is -2.08. The third kappa shape index (κ3) is 3.62. The van der Waals surface area contributed by atoms with Gasteiger partial charge in [-0.15, -0.1) is 0 Å². The van der Waals surface area contributed by atoms with Crippen LogP contribution in [0.3, 0.4) is 0 Å². The largest absolute Gasteiger partial charge is 0.481 e. The van der Waals surface area contributed by atoms with Crippen molar-refractivity contribution in [2.75, 3.05) is 0 Å². The molecule has 1 aromatic heterocycles. The molecule has 0 aliphatic heterocycles. The van der Waals surface area contributed by atoms with Crippen molar-refractivity contribution in [3.63, 3.8) is 0 Å². The Balaban J connectivity index is 2.60. The van der Waals surface area contributed by atoms with Gasteiger partial charge in [0.05, 0.1) is 16.9 Å². The van der Waals surface area contributed by atoms with Crippen LogP contribution >= 0.6 is 0 Å². The summed E-state index contributed by atoms with van der Waals surface area (Å²) in [5, 5.41) is 19.7. The highest BCUT2D eigenvalue weighted by molar-refractivity contribution is 5.74. The molecule has 1 aromatic carbocycles. The molecule has 0 spiro atoms. The second kappa shape index (κ2) is 6.03. The van der Waals surface area contributed by atoms with Gasteiger partial charge in [0.25, 0.3) is 5.69 Å². The van der Waals surface area contributed by atoms with Gasteiger partial charge >= 0.3 is 12.1 Å². The summed E-state index contributed by atoms with van der Waals surface area (Å²) in [6.07, 6.45) is -4.33. The first-order chi connectivity index (χ1) is 10.7. The van der Waals surface area contributed by atoms with E-state index in [1.165, 1.54) is 18.2 Å². The summed E-state index contributed by atoms with van der Waals surface area (Å²) in [7, 11) is 0. The van der Waals surface area contributed by atoms with Gasteiger partial charge in [-0.3, -0.25) is 19.9 Å². The Labute approximate surface area is 127 Å². The molecule has 0 fully saturated rings. The van der Waals surface area contributed by atoms with Crippen molar-refractivity contribution in [1.82, 2.24) is 4.98 Å². The molecule has 1 N–H and O–H groups in total. The zero-order valence-corrected chi connectivity index (χ0v) is 11.4. The number of carboxylic acid groups (broad SMARTS) is 1. The SMILES string of the molecule is O=C(O)Cc1ncc(-c2ccccc2C(F)(F)F)cc1[N+](=O)[O-]. The average molecular weight is 326 g/mol. The normalized spacial score (nSPS) is 11.3. The fourth-order valence-electron chi connectivity index (χ4n) is 2.05. The zero-order chi connectivity index (χ0) is 17.2. The second-order valence-corrected chi connectivity index (χ2v) is 4.56. The van der Waals surface area contributed by atoms with E-state index < -0.39 is 34.7 Å². The highest BCUT2D eigenvalue weighted by Gasteiger charge is 2.33. The Bertz CT molecular complexity index is 775. The number of nitrogens with zero attached hydrogens (tertiary/aromatic N) is 2. The molecule has 2 rings (SSSR count). The summed E-state index contributed by atoms with van der Waals surface area (Å²) in [5.74, 6) is -1.33. The number of hydrogen-bond acceptors (Lipinski definition) is 4. The highest BCUT2D eigenvalue weighted by Crippen LogP contribution is 2.37. The van der Waals surface area contributed by atoms with Crippen molar-refractivity contribution in [1.29, 1.82) is 0 Å². The van der Waals surface area contributed by atoms with Crippen molar-refractivity contribution < 1.29 is 28.0 Å². The predicted octanol–water partition coefficient (Wildman–Crippen LogP) is 3.30. The van der Waals surface area contributed by atoms with Gasteiger partial charge < -0.3 is 5.11 Å². The topological polar surface area (TPSA) is 93.3 Å². The van der Waals surface area contributed by atoms with Gasteiger partial charge in [-0.1, -0.05) is 18.2 Å². The minimum Gasteiger partial charge on any atom is -0.481 e. The van der Waals surface area contributed by atoms with Gasteiger partial charge in [-0.2, -0.15) is 13.2 Å². The minimum absolute atomic E-state index is 0.112. The summed E-state index contributed by atoms with van der Waals surface area (Å²) in [5.41, 5.74) is -2.30. The number of carbonyl (C=O) groups is 1. The number of aromatic nitrogens is 1. The summed E-state index contributed by atoms with van der Waals surface area (Å²) >= 11 is 0. The van der Waals surface area contributed by atoms with E-state index in [1.54, 1.807) is 0 Å². The quantitative estimate of drug-likeness (QED) is 0.687. The van der Waals surface area contributed by atoms with Crippen molar-refractivity contribution >= 4 is 11.7 Å². The van der Waals surface area contributed by atoms with Crippen LogP contribution in [0.1, 0.15) is 11.3 Å².